The van der Waals surface area contributed by atoms with Crippen molar-refractivity contribution in [2.75, 3.05) is 6.61 Å². The lowest BCUT2D eigenvalue weighted by Gasteiger charge is -2.41. The third kappa shape index (κ3) is 6.39. The lowest BCUT2D eigenvalue weighted by atomic mass is 9.80. The molecule has 1 saturated heterocycles. The van der Waals surface area contributed by atoms with Crippen LogP contribution in [0.25, 0.3) is 0 Å². The molecule has 0 amide bonds. The molecule has 5 atom stereocenters. The lowest BCUT2D eigenvalue weighted by Crippen LogP contribution is -2.54. The van der Waals surface area contributed by atoms with E-state index in [2.05, 4.69) is 0 Å². The summed E-state index contributed by atoms with van der Waals surface area (Å²) < 4.78 is 54.0. The normalized spacial score (nSPS) is 26.9. The van der Waals surface area contributed by atoms with Crippen molar-refractivity contribution in [1.82, 2.24) is 0 Å². The van der Waals surface area contributed by atoms with Crippen LogP contribution in [0.1, 0.15) is 23.1 Å². The summed E-state index contributed by atoms with van der Waals surface area (Å²) in [6.07, 6.45) is -1.88. The van der Waals surface area contributed by atoms with Crippen molar-refractivity contribution < 1.29 is 31.0 Å². The molecule has 36 heavy (non-hydrogen) atoms. The Balaban J connectivity index is 1.36. The lowest BCUT2D eigenvalue weighted by molar-refractivity contribution is -0.176. The van der Waals surface area contributed by atoms with Gasteiger partial charge in [-0.25, -0.2) is 8.37 Å². The molecule has 8 heteroatoms. The Morgan fingerprint density at radius 2 is 1.22 bits per heavy atom. The molecule has 0 radical (unpaired) electrons. The molecule has 3 aromatic rings. The maximum absolute atomic E-state index is 12.2. The van der Waals surface area contributed by atoms with Crippen LogP contribution in [-0.4, -0.2) is 39.4 Å². The minimum Gasteiger partial charge on any atom is -0.376 e. The van der Waals surface area contributed by atoms with Crippen LogP contribution in [-0.2, 0) is 52.8 Å². The summed E-state index contributed by atoms with van der Waals surface area (Å²) in [5.74, 6) is -0.408. The van der Waals surface area contributed by atoms with E-state index in [9.17, 15) is 8.42 Å². The average molecular weight is 511 g/mol. The molecule has 1 saturated carbocycles. The third-order valence-electron chi connectivity index (χ3n) is 6.53. The zero-order chi connectivity index (χ0) is 24.8. The highest BCUT2D eigenvalue weighted by molar-refractivity contribution is 7.82. The molecule has 7 nitrogen and oxygen atoms in total. The van der Waals surface area contributed by atoms with Gasteiger partial charge >= 0.3 is 10.4 Å². The minimum absolute atomic E-state index is 0.236. The summed E-state index contributed by atoms with van der Waals surface area (Å²) in [4.78, 5) is 0. The molecule has 3 aromatic carbocycles. The van der Waals surface area contributed by atoms with E-state index in [1.54, 1.807) is 0 Å². The van der Waals surface area contributed by atoms with E-state index in [4.69, 9.17) is 22.6 Å². The largest absolute Gasteiger partial charge is 0.400 e. The molecule has 190 valence electrons. The highest BCUT2D eigenvalue weighted by Gasteiger charge is 2.54. The first kappa shape index (κ1) is 25.1. The van der Waals surface area contributed by atoms with E-state index in [0.717, 1.165) is 16.7 Å². The molecule has 0 N–H and O–H groups in total. The summed E-state index contributed by atoms with van der Waals surface area (Å²) in [6, 6.07) is 29.5. The van der Waals surface area contributed by atoms with Gasteiger partial charge in [0.15, 0.2) is 0 Å². The van der Waals surface area contributed by atoms with Crippen LogP contribution in [0.2, 0.25) is 0 Å². The van der Waals surface area contributed by atoms with E-state index < -0.39 is 40.7 Å². The van der Waals surface area contributed by atoms with Gasteiger partial charge in [-0.1, -0.05) is 91.0 Å². The Bertz CT molecular complexity index is 1190. The topological polar surface area (TPSA) is 80.3 Å². The molecule has 1 heterocycles. The number of ether oxygens (including phenoxy) is 3. The van der Waals surface area contributed by atoms with Gasteiger partial charge in [0.1, 0.15) is 12.2 Å². The Morgan fingerprint density at radius 3 is 1.81 bits per heavy atom. The standard InChI is InChI=1S/C28H30O7S/c29-36(30)34-26-16-25(32-18-22-12-6-2-7-13-22)27(33-19-23-14-8-3-9-15-23)24(28(26)35-36)20-31-17-21-10-4-1-5-11-21/h1-15,24-28H,16-20H2/t24-,25-,26+,27+,28-/m1/s1. The monoisotopic (exact) mass is 510 g/mol. The smallest absolute Gasteiger partial charge is 0.376 e. The van der Waals surface area contributed by atoms with Crippen molar-refractivity contribution in [3.05, 3.63) is 108 Å². The molecular formula is C28H30O7S. The average Bonchev–Trinajstić information content (AvgIpc) is 3.22. The first-order valence-electron chi connectivity index (χ1n) is 12.1. The molecular weight excluding hydrogens is 480 g/mol. The number of benzene rings is 3. The van der Waals surface area contributed by atoms with Gasteiger partial charge in [-0.05, 0) is 16.7 Å². The molecule has 2 aliphatic rings. The van der Waals surface area contributed by atoms with Gasteiger partial charge in [-0.3, -0.25) is 0 Å². The predicted molar refractivity (Wildman–Crippen MR) is 133 cm³/mol. The van der Waals surface area contributed by atoms with Crippen molar-refractivity contribution >= 4 is 10.4 Å². The summed E-state index contributed by atoms with van der Waals surface area (Å²) in [7, 11) is -4.09. The molecule has 0 aromatic heterocycles. The molecule has 0 spiro atoms. The molecule has 5 rings (SSSR count). The Hall–Kier alpha value is -2.59. The summed E-state index contributed by atoms with van der Waals surface area (Å²) >= 11 is 0. The van der Waals surface area contributed by atoms with Gasteiger partial charge in [-0.2, -0.15) is 8.42 Å². The first-order chi connectivity index (χ1) is 17.6. The van der Waals surface area contributed by atoms with E-state index in [1.165, 1.54) is 0 Å². The second kappa shape index (κ2) is 11.6. The molecule has 1 aliphatic carbocycles. The van der Waals surface area contributed by atoms with Crippen molar-refractivity contribution in [1.29, 1.82) is 0 Å². The SMILES string of the molecule is O=S1(=O)O[C@@H]2[C@H](COCc3ccccc3)[C@H](OCc3ccccc3)[C@H](OCc3ccccc3)C[C@@H]2O1. The zero-order valence-corrected chi connectivity index (χ0v) is 20.7. The molecule has 1 aliphatic heterocycles. The van der Waals surface area contributed by atoms with Crippen LogP contribution in [0.4, 0.5) is 0 Å². The van der Waals surface area contributed by atoms with Crippen LogP contribution < -0.4 is 0 Å². The van der Waals surface area contributed by atoms with Crippen LogP contribution in [0.15, 0.2) is 91.0 Å². The summed E-state index contributed by atoms with van der Waals surface area (Å²) in [5.41, 5.74) is 3.07. The number of hydrogen-bond acceptors (Lipinski definition) is 7. The third-order valence-corrected chi connectivity index (χ3v) is 7.47. The van der Waals surface area contributed by atoms with Gasteiger partial charge in [0.2, 0.25) is 0 Å². The second-order valence-electron chi connectivity index (χ2n) is 9.10. The minimum atomic E-state index is -4.09. The van der Waals surface area contributed by atoms with Crippen molar-refractivity contribution in [3.63, 3.8) is 0 Å². The van der Waals surface area contributed by atoms with E-state index in [0.29, 0.717) is 26.2 Å². The Morgan fingerprint density at radius 1 is 0.694 bits per heavy atom. The van der Waals surface area contributed by atoms with E-state index in [-0.39, 0.29) is 6.61 Å². The Labute approximate surface area is 212 Å². The van der Waals surface area contributed by atoms with Crippen LogP contribution in [0, 0.1) is 5.92 Å². The number of hydrogen-bond donors (Lipinski definition) is 0. The fourth-order valence-electron chi connectivity index (χ4n) is 4.79. The van der Waals surface area contributed by atoms with Gasteiger partial charge in [0.05, 0.1) is 38.6 Å². The summed E-state index contributed by atoms with van der Waals surface area (Å²) in [6.45, 7) is 1.36. The van der Waals surface area contributed by atoms with E-state index >= 15 is 0 Å². The van der Waals surface area contributed by atoms with Crippen LogP contribution in [0.3, 0.4) is 0 Å². The Kier molecular flexibility index (Phi) is 8.11. The highest BCUT2D eigenvalue weighted by Crippen LogP contribution is 2.40. The number of fused-ring (bicyclic) bond motifs is 1. The highest BCUT2D eigenvalue weighted by atomic mass is 32.3. The molecule has 0 unspecified atom stereocenters. The van der Waals surface area contributed by atoms with Crippen molar-refractivity contribution in [2.45, 2.75) is 50.7 Å². The van der Waals surface area contributed by atoms with Crippen LogP contribution >= 0.6 is 0 Å². The van der Waals surface area contributed by atoms with Gasteiger partial charge in [-0.15, -0.1) is 0 Å². The fourth-order valence-corrected chi connectivity index (χ4v) is 5.86. The first-order valence-corrected chi connectivity index (χ1v) is 13.4. The van der Waals surface area contributed by atoms with Crippen LogP contribution in [0.5, 0.6) is 0 Å². The quantitative estimate of drug-likeness (QED) is 0.399. The number of rotatable bonds is 10. The molecule has 2 fully saturated rings. The fraction of sp³-hybridized carbons (Fsp3) is 0.357. The van der Waals surface area contributed by atoms with Crippen molar-refractivity contribution in [3.8, 4) is 0 Å². The van der Waals surface area contributed by atoms with Gasteiger partial charge in [0.25, 0.3) is 0 Å². The molecule has 0 bridgehead atoms. The van der Waals surface area contributed by atoms with Crippen molar-refractivity contribution in [2.24, 2.45) is 5.92 Å². The predicted octanol–water partition coefficient (Wildman–Crippen LogP) is 4.42. The van der Waals surface area contributed by atoms with Gasteiger partial charge in [0, 0.05) is 12.3 Å². The summed E-state index contributed by atoms with van der Waals surface area (Å²) in [5, 5.41) is 0. The maximum atomic E-state index is 12.2. The second-order valence-corrected chi connectivity index (χ2v) is 10.3. The zero-order valence-electron chi connectivity index (χ0n) is 19.8. The van der Waals surface area contributed by atoms with Gasteiger partial charge < -0.3 is 14.2 Å². The maximum Gasteiger partial charge on any atom is 0.400 e. The van der Waals surface area contributed by atoms with E-state index in [1.807, 2.05) is 91.0 Å².